The van der Waals surface area contributed by atoms with Crippen molar-refractivity contribution >= 4 is 17.5 Å². The lowest BCUT2D eigenvalue weighted by Crippen LogP contribution is -2.38. The Morgan fingerprint density at radius 1 is 1.41 bits per heavy atom. The number of alkyl halides is 3. The first-order valence-corrected chi connectivity index (χ1v) is 7.13. The lowest BCUT2D eigenvalue weighted by atomic mass is 10.2. The van der Waals surface area contributed by atoms with E-state index in [4.69, 9.17) is 11.6 Å². The van der Waals surface area contributed by atoms with Gasteiger partial charge in [0.25, 0.3) is 0 Å². The first-order valence-electron chi connectivity index (χ1n) is 6.75. The molecule has 2 rings (SSSR count). The molecule has 1 aliphatic rings. The summed E-state index contributed by atoms with van der Waals surface area (Å²) < 4.78 is 50.0. The summed E-state index contributed by atoms with van der Waals surface area (Å²) in [6.45, 7) is 1.30. The molecule has 1 fully saturated rings. The molecule has 122 valence electrons. The number of likely N-dealkylation sites (tertiary alicyclic amines) is 1. The Labute approximate surface area is 130 Å². The van der Waals surface area contributed by atoms with Crippen LogP contribution in [0.1, 0.15) is 18.4 Å². The highest BCUT2D eigenvalue weighted by molar-refractivity contribution is 6.30. The van der Waals surface area contributed by atoms with Crippen LogP contribution in [0, 0.1) is 5.82 Å². The number of benzene rings is 1. The van der Waals surface area contributed by atoms with Crippen molar-refractivity contribution in [3.05, 3.63) is 34.6 Å². The molecule has 8 heteroatoms. The highest BCUT2D eigenvalue weighted by Crippen LogP contribution is 2.21. The number of nitrogens with zero attached hydrogens (tertiary/aromatic N) is 1. The molecule has 1 heterocycles. The van der Waals surface area contributed by atoms with Gasteiger partial charge in [0, 0.05) is 36.3 Å². The van der Waals surface area contributed by atoms with Crippen LogP contribution >= 0.6 is 11.6 Å². The van der Waals surface area contributed by atoms with Crippen LogP contribution in [0.4, 0.5) is 17.6 Å². The molecule has 0 aromatic heterocycles. The zero-order valence-corrected chi connectivity index (χ0v) is 12.3. The standard InChI is InChI=1S/C14H15ClF4N2O/c15-10-2-1-9(12(16)5-10)7-21-4-3-11(8-21)20-13(22)6-14(17,18)19/h1-2,5,11H,3-4,6-8H2,(H,20,22)/t11-/m1/s1. The van der Waals surface area contributed by atoms with Crippen molar-refractivity contribution < 1.29 is 22.4 Å². The van der Waals surface area contributed by atoms with E-state index in [1.165, 1.54) is 6.07 Å². The van der Waals surface area contributed by atoms with Gasteiger partial charge in [-0.15, -0.1) is 0 Å². The average Bonchev–Trinajstić information content (AvgIpc) is 2.77. The average molecular weight is 339 g/mol. The third-order valence-electron chi connectivity index (χ3n) is 3.41. The van der Waals surface area contributed by atoms with Gasteiger partial charge < -0.3 is 5.32 Å². The summed E-state index contributed by atoms with van der Waals surface area (Å²) >= 11 is 5.67. The maximum Gasteiger partial charge on any atom is 0.397 e. The Bertz CT molecular complexity index is 550. The lowest BCUT2D eigenvalue weighted by Gasteiger charge is -2.17. The normalized spacial score (nSPS) is 19.4. The van der Waals surface area contributed by atoms with Crippen molar-refractivity contribution in [2.24, 2.45) is 0 Å². The molecule has 0 spiro atoms. The number of carbonyl (C=O) groups excluding carboxylic acids is 1. The van der Waals surface area contributed by atoms with Crippen molar-refractivity contribution in [1.29, 1.82) is 0 Å². The molecule has 0 saturated carbocycles. The quantitative estimate of drug-likeness (QED) is 0.856. The SMILES string of the molecule is O=C(CC(F)(F)F)N[C@@H]1CCN(Cc2ccc(Cl)cc2F)C1. The minimum Gasteiger partial charge on any atom is -0.352 e. The molecular formula is C14H15ClF4N2O. The van der Waals surface area contributed by atoms with E-state index < -0.39 is 24.3 Å². The number of nitrogens with one attached hydrogen (secondary N) is 1. The summed E-state index contributed by atoms with van der Waals surface area (Å²) in [4.78, 5) is 13.1. The van der Waals surface area contributed by atoms with Gasteiger partial charge in [0.1, 0.15) is 12.2 Å². The zero-order chi connectivity index (χ0) is 16.3. The van der Waals surface area contributed by atoms with Crippen molar-refractivity contribution in [1.82, 2.24) is 10.2 Å². The molecule has 3 nitrogen and oxygen atoms in total. The van der Waals surface area contributed by atoms with E-state index >= 15 is 0 Å². The monoisotopic (exact) mass is 338 g/mol. The minimum atomic E-state index is -4.51. The van der Waals surface area contributed by atoms with Crippen molar-refractivity contribution in [2.45, 2.75) is 31.6 Å². The Hall–Kier alpha value is -1.34. The summed E-state index contributed by atoms with van der Waals surface area (Å²) in [5, 5.41) is 2.66. The predicted molar refractivity (Wildman–Crippen MR) is 73.9 cm³/mol. The van der Waals surface area contributed by atoms with Gasteiger partial charge >= 0.3 is 6.18 Å². The van der Waals surface area contributed by atoms with Crippen LogP contribution < -0.4 is 5.32 Å². The first-order chi connectivity index (χ1) is 10.2. The molecule has 0 radical (unpaired) electrons. The summed E-state index contributed by atoms with van der Waals surface area (Å²) in [5.41, 5.74) is 0.465. The molecule has 0 bridgehead atoms. The fourth-order valence-electron chi connectivity index (χ4n) is 2.45. The molecule has 1 atom stereocenters. The molecular weight excluding hydrogens is 324 g/mol. The summed E-state index contributed by atoms with van der Waals surface area (Å²) in [5.74, 6) is -1.45. The van der Waals surface area contributed by atoms with Crippen LogP contribution in [0.15, 0.2) is 18.2 Å². The Kier molecular flexibility index (Phi) is 5.28. The second-order valence-electron chi connectivity index (χ2n) is 5.32. The van der Waals surface area contributed by atoms with E-state index in [1.54, 1.807) is 12.1 Å². The van der Waals surface area contributed by atoms with Gasteiger partial charge in [-0.25, -0.2) is 4.39 Å². The third kappa shape index (κ3) is 5.14. The zero-order valence-electron chi connectivity index (χ0n) is 11.6. The van der Waals surface area contributed by atoms with E-state index in [0.717, 1.165) is 0 Å². The van der Waals surface area contributed by atoms with Gasteiger partial charge in [0.15, 0.2) is 0 Å². The number of amides is 1. The highest BCUT2D eigenvalue weighted by Gasteiger charge is 2.33. The predicted octanol–water partition coefficient (Wildman–Crippen LogP) is 3.12. The summed E-state index contributed by atoms with van der Waals surface area (Å²) in [6.07, 6.45) is -5.44. The number of carbonyl (C=O) groups is 1. The Morgan fingerprint density at radius 2 is 2.14 bits per heavy atom. The number of hydrogen-bond acceptors (Lipinski definition) is 2. The van der Waals surface area contributed by atoms with Crippen molar-refractivity contribution in [3.63, 3.8) is 0 Å². The van der Waals surface area contributed by atoms with E-state index in [2.05, 4.69) is 5.32 Å². The third-order valence-corrected chi connectivity index (χ3v) is 3.64. The fraction of sp³-hybridized carbons (Fsp3) is 0.500. The van der Waals surface area contributed by atoms with Crippen LogP contribution in [0.2, 0.25) is 5.02 Å². The van der Waals surface area contributed by atoms with Gasteiger partial charge in [0.05, 0.1) is 0 Å². The van der Waals surface area contributed by atoms with Gasteiger partial charge in [-0.2, -0.15) is 13.2 Å². The number of hydrogen-bond donors (Lipinski definition) is 1. The minimum absolute atomic E-state index is 0.306. The van der Waals surface area contributed by atoms with Crippen LogP contribution in [0.25, 0.3) is 0 Å². The van der Waals surface area contributed by atoms with E-state index in [0.29, 0.717) is 36.6 Å². The maximum absolute atomic E-state index is 13.7. The lowest BCUT2D eigenvalue weighted by molar-refractivity contribution is -0.154. The fourth-order valence-corrected chi connectivity index (χ4v) is 2.60. The van der Waals surface area contributed by atoms with Crippen LogP contribution in [-0.4, -0.2) is 36.1 Å². The Morgan fingerprint density at radius 3 is 2.77 bits per heavy atom. The second kappa shape index (κ2) is 6.83. The summed E-state index contributed by atoms with van der Waals surface area (Å²) in [7, 11) is 0. The van der Waals surface area contributed by atoms with Crippen molar-refractivity contribution in [3.8, 4) is 0 Å². The van der Waals surface area contributed by atoms with Gasteiger partial charge in [0.2, 0.25) is 5.91 Å². The molecule has 1 aromatic carbocycles. The highest BCUT2D eigenvalue weighted by atomic mass is 35.5. The Balaban J connectivity index is 1.84. The van der Waals surface area contributed by atoms with Gasteiger partial charge in [-0.1, -0.05) is 17.7 Å². The topological polar surface area (TPSA) is 32.3 Å². The molecule has 1 amide bonds. The summed E-state index contributed by atoms with van der Waals surface area (Å²) in [6, 6.07) is 4.03. The smallest absolute Gasteiger partial charge is 0.352 e. The van der Waals surface area contributed by atoms with Crippen LogP contribution in [0.3, 0.4) is 0 Å². The molecule has 0 aliphatic carbocycles. The molecule has 1 saturated heterocycles. The van der Waals surface area contributed by atoms with Gasteiger partial charge in [-0.3, -0.25) is 9.69 Å². The van der Waals surface area contributed by atoms with E-state index in [9.17, 15) is 22.4 Å². The van der Waals surface area contributed by atoms with E-state index in [-0.39, 0.29) is 6.04 Å². The molecule has 1 aliphatic heterocycles. The van der Waals surface area contributed by atoms with E-state index in [1.807, 2.05) is 4.90 Å². The maximum atomic E-state index is 13.7. The van der Waals surface area contributed by atoms with Crippen LogP contribution in [0.5, 0.6) is 0 Å². The molecule has 1 aromatic rings. The van der Waals surface area contributed by atoms with Crippen molar-refractivity contribution in [2.75, 3.05) is 13.1 Å². The molecule has 22 heavy (non-hydrogen) atoms. The molecule has 0 unspecified atom stereocenters. The van der Waals surface area contributed by atoms with Gasteiger partial charge in [-0.05, 0) is 18.6 Å². The first kappa shape index (κ1) is 17.0. The van der Waals surface area contributed by atoms with Crippen LogP contribution in [-0.2, 0) is 11.3 Å². The number of halogens is 5. The number of rotatable bonds is 4. The largest absolute Gasteiger partial charge is 0.397 e. The second-order valence-corrected chi connectivity index (χ2v) is 5.75. The molecule has 1 N–H and O–H groups in total.